The first-order valence-corrected chi connectivity index (χ1v) is 10.3. The molecule has 0 aliphatic carbocycles. The number of nitrogens with one attached hydrogen (secondary N) is 2. The van der Waals surface area contributed by atoms with Gasteiger partial charge in [-0.15, -0.1) is 24.0 Å². The molecule has 1 aliphatic rings. The van der Waals surface area contributed by atoms with E-state index in [-0.39, 0.29) is 30.0 Å². The van der Waals surface area contributed by atoms with Gasteiger partial charge in [0.2, 0.25) is 0 Å². The second kappa shape index (κ2) is 14.9. The highest BCUT2D eigenvalue weighted by Crippen LogP contribution is 2.24. The monoisotopic (exact) mass is 504 g/mol. The summed E-state index contributed by atoms with van der Waals surface area (Å²) in [7, 11) is 1.70. The van der Waals surface area contributed by atoms with Gasteiger partial charge in [0.25, 0.3) is 0 Å². The van der Waals surface area contributed by atoms with Crippen molar-refractivity contribution in [2.45, 2.75) is 39.2 Å². The van der Waals surface area contributed by atoms with Gasteiger partial charge in [0.15, 0.2) is 5.96 Å². The zero-order valence-corrected chi connectivity index (χ0v) is 19.9. The van der Waals surface area contributed by atoms with Crippen molar-refractivity contribution in [1.82, 2.24) is 15.5 Å². The molecule has 0 bridgehead atoms. The fourth-order valence-electron chi connectivity index (χ4n) is 3.25. The molecule has 1 heterocycles. The Bertz CT molecular complexity index is 548. The molecule has 7 heteroatoms. The molecule has 0 amide bonds. The van der Waals surface area contributed by atoms with Crippen LogP contribution in [-0.2, 0) is 4.74 Å². The molecule has 0 spiro atoms. The average molecular weight is 504 g/mol. The average Bonchev–Trinajstić information content (AvgIpc) is 2.72. The lowest BCUT2D eigenvalue weighted by Gasteiger charge is -2.34. The minimum atomic E-state index is 0. The predicted octanol–water partition coefficient (Wildman–Crippen LogP) is 3.43. The second-order valence-electron chi connectivity index (χ2n) is 6.79. The minimum Gasteiger partial charge on any atom is -0.497 e. The maximum atomic E-state index is 5.54. The molecule has 1 aromatic rings. The van der Waals surface area contributed by atoms with Gasteiger partial charge < -0.3 is 20.1 Å². The Kier molecular flexibility index (Phi) is 13.3. The third kappa shape index (κ3) is 8.53. The topological polar surface area (TPSA) is 58.1 Å². The molecule has 0 radical (unpaired) electrons. The normalized spacial score (nSPS) is 16.2. The van der Waals surface area contributed by atoms with E-state index >= 15 is 0 Å². The van der Waals surface area contributed by atoms with Crippen LogP contribution in [0, 0.1) is 0 Å². The molecular weight excluding hydrogens is 467 g/mol. The standard InChI is InChI=1S/C21H36N4O2.HI/c1-4-6-7-12-23-21(22-5-2)24-17-20(25-13-15-27-16-14-25)18-8-10-19(26-3)11-9-18;/h8-11,20H,4-7,12-17H2,1-3H3,(H2,22,23,24);1H. The highest BCUT2D eigenvalue weighted by atomic mass is 127. The number of aliphatic imine (C=N–C) groups is 1. The number of morpholine rings is 1. The number of guanidine groups is 1. The van der Waals surface area contributed by atoms with E-state index < -0.39 is 0 Å². The lowest BCUT2D eigenvalue weighted by atomic mass is 10.0. The third-order valence-electron chi connectivity index (χ3n) is 4.83. The van der Waals surface area contributed by atoms with E-state index in [1.807, 2.05) is 12.1 Å². The maximum absolute atomic E-state index is 5.54. The Morgan fingerprint density at radius 3 is 2.46 bits per heavy atom. The van der Waals surface area contributed by atoms with Crippen LogP contribution >= 0.6 is 24.0 Å². The minimum absolute atomic E-state index is 0. The van der Waals surface area contributed by atoms with Crippen molar-refractivity contribution in [3.8, 4) is 5.75 Å². The van der Waals surface area contributed by atoms with Gasteiger partial charge in [0.05, 0.1) is 32.9 Å². The van der Waals surface area contributed by atoms with E-state index in [4.69, 9.17) is 14.5 Å². The fraction of sp³-hybridized carbons (Fsp3) is 0.667. The Balaban J connectivity index is 0.00000392. The molecule has 1 aliphatic heterocycles. The summed E-state index contributed by atoms with van der Waals surface area (Å²) >= 11 is 0. The Morgan fingerprint density at radius 2 is 1.86 bits per heavy atom. The van der Waals surface area contributed by atoms with Crippen molar-refractivity contribution < 1.29 is 9.47 Å². The lowest BCUT2D eigenvalue weighted by molar-refractivity contribution is 0.0179. The highest BCUT2D eigenvalue weighted by Gasteiger charge is 2.22. The fourth-order valence-corrected chi connectivity index (χ4v) is 3.25. The largest absolute Gasteiger partial charge is 0.497 e. The summed E-state index contributed by atoms with van der Waals surface area (Å²) in [5.74, 6) is 1.79. The van der Waals surface area contributed by atoms with E-state index in [1.165, 1.54) is 24.8 Å². The summed E-state index contributed by atoms with van der Waals surface area (Å²) in [6.45, 7) is 10.3. The number of hydrogen-bond donors (Lipinski definition) is 2. The van der Waals surface area contributed by atoms with Crippen molar-refractivity contribution in [1.29, 1.82) is 0 Å². The number of hydrogen-bond acceptors (Lipinski definition) is 4. The molecule has 1 saturated heterocycles. The number of benzene rings is 1. The third-order valence-corrected chi connectivity index (χ3v) is 4.83. The number of nitrogens with zero attached hydrogens (tertiary/aromatic N) is 2. The molecule has 1 atom stereocenters. The SMILES string of the molecule is CCCCCNC(=NCC(c1ccc(OC)cc1)N1CCOCC1)NCC.I. The van der Waals surface area contributed by atoms with Crippen molar-refractivity contribution >= 4 is 29.9 Å². The van der Waals surface area contributed by atoms with E-state index in [9.17, 15) is 0 Å². The summed E-state index contributed by atoms with van der Waals surface area (Å²) < 4.78 is 10.8. The number of rotatable bonds is 10. The van der Waals surface area contributed by atoms with Crippen LogP contribution in [0.25, 0.3) is 0 Å². The lowest BCUT2D eigenvalue weighted by Crippen LogP contribution is -2.42. The summed E-state index contributed by atoms with van der Waals surface area (Å²) in [4.78, 5) is 7.35. The van der Waals surface area contributed by atoms with Crippen molar-refractivity contribution in [3.63, 3.8) is 0 Å². The second-order valence-corrected chi connectivity index (χ2v) is 6.79. The Hall–Kier alpha value is -1.06. The zero-order chi connectivity index (χ0) is 19.3. The van der Waals surface area contributed by atoms with Crippen LogP contribution in [0.4, 0.5) is 0 Å². The van der Waals surface area contributed by atoms with Crippen LogP contribution in [0.3, 0.4) is 0 Å². The van der Waals surface area contributed by atoms with Crippen molar-refractivity contribution in [3.05, 3.63) is 29.8 Å². The summed E-state index contributed by atoms with van der Waals surface area (Å²) in [5.41, 5.74) is 1.27. The van der Waals surface area contributed by atoms with Gasteiger partial charge in [-0.3, -0.25) is 9.89 Å². The quantitative estimate of drug-likeness (QED) is 0.221. The Labute approximate surface area is 187 Å². The maximum Gasteiger partial charge on any atom is 0.191 e. The van der Waals surface area contributed by atoms with Gasteiger partial charge in [-0.2, -0.15) is 0 Å². The van der Waals surface area contributed by atoms with E-state index in [1.54, 1.807) is 7.11 Å². The van der Waals surface area contributed by atoms with Gasteiger partial charge in [-0.1, -0.05) is 31.9 Å². The molecule has 1 fully saturated rings. The van der Waals surface area contributed by atoms with Gasteiger partial charge in [0.1, 0.15) is 5.75 Å². The molecule has 6 nitrogen and oxygen atoms in total. The highest BCUT2D eigenvalue weighted by molar-refractivity contribution is 14.0. The Morgan fingerprint density at radius 1 is 1.14 bits per heavy atom. The molecule has 1 unspecified atom stereocenters. The molecule has 28 heavy (non-hydrogen) atoms. The van der Waals surface area contributed by atoms with Crippen molar-refractivity contribution in [2.24, 2.45) is 4.99 Å². The van der Waals surface area contributed by atoms with Gasteiger partial charge >= 0.3 is 0 Å². The van der Waals surface area contributed by atoms with Crippen LogP contribution in [0.15, 0.2) is 29.3 Å². The van der Waals surface area contributed by atoms with Crippen LogP contribution in [0.5, 0.6) is 5.75 Å². The molecule has 2 rings (SSSR count). The zero-order valence-electron chi connectivity index (χ0n) is 17.6. The first-order chi connectivity index (χ1) is 13.3. The molecule has 2 N–H and O–H groups in total. The summed E-state index contributed by atoms with van der Waals surface area (Å²) in [6, 6.07) is 8.60. The summed E-state index contributed by atoms with van der Waals surface area (Å²) in [5, 5.41) is 6.82. The number of unbranched alkanes of at least 4 members (excludes halogenated alkanes) is 2. The number of ether oxygens (including phenoxy) is 2. The molecular formula is C21H37IN4O2. The first-order valence-electron chi connectivity index (χ1n) is 10.3. The van der Waals surface area contributed by atoms with Crippen molar-refractivity contribution in [2.75, 3.05) is 53.0 Å². The summed E-state index contributed by atoms with van der Waals surface area (Å²) in [6.07, 6.45) is 3.65. The van der Waals surface area contributed by atoms with E-state index in [0.29, 0.717) is 0 Å². The molecule has 0 aromatic heterocycles. The van der Waals surface area contributed by atoms with E-state index in [2.05, 4.69) is 41.5 Å². The van der Waals surface area contributed by atoms with Gasteiger partial charge in [-0.25, -0.2) is 0 Å². The van der Waals surface area contributed by atoms with Gasteiger partial charge in [0, 0.05) is 26.2 Å². The first kappa shape index (κ1) is 25.0. The van der Waals surface area contributed by atoms with Crippen LogP contribution in [0.1, 0.15) is 44.7 Å². The van der Waals surface area contributed by atoms with Crippen LogP contribution in [-0.4, -0.2) is 63.9 Å². The molecule has 0 saturated carbocycles. The predicted molar refractivity (Wildman–Crippen MR) is 127 cm³/mol. The molecule has 1 aromatic carbocycles. The number of methoxy groups -OCH3 is 1. The number of halogens is 1. The van der Waals surface area contributed by atoms with Crippen LogP contribution in [0.2, 0.25) is 0 Å². The van der Waals surface area contributed by atoms with Crippen LogP contribution < -0.4 is 15.4 Å². The molecule has 160 valence electrons. The van der Waals surface area contributed by atoms with Gasteiger partial charge in [-0.05, 0) is 31.0 Å². The van der Waals surface area contributed by atoms with E-state index in [0.717, 1.165) is 57.6 Å². The smallest absolute Gasteiger partial charge is 0.191 e.